The molecule has 7 heteroatoms. The van der Waals surface area contributed by atoms with Gasteiger partial charge in [-0.2, -0.15) is 0 Å². The first-order valence-electron chi connectivity index (χ1n) is 8.17. The molecule has 0 radical (unpaired) electrons. The molecule has 2 heterocycles. The second kappa shape index (κ2) is 5.39. The molecule has 3 aliphatic rings. The number of hydrogen-bond donors (Lipinski definition) is 1. The maximum Gasteiger partial charge on any atom is 0.410 e. The van der Waals surface area contributed by atoms with E-state index < -0.39 is 11.6 Å². The quantitative estimate of drug-likeness (QED) is 0.799. The van der Waals surface area contributed by atoms with Gasteiger partial charge in [0, 0.05) is 13.1 Å². The van der Waals surface area contributed by atoms with Gasteiger partial charge in [-0.3, -0.25) is 0 Å². The van der Waals surface area contributed by atoms with Crippen molar-refractivity contribution in [2.24, 2.45) is 16.5 Å². The molecule has 23 heavy (non-hydrogen) atoms. The first-order chi connectivity index (χ1) is 10.7. The standard InChI is InChI=1S/C16H24N2O5/c1-15(2,3)22-14(21)18-8-6-16(7-9-18)5-4-10-11(16)12(13(19)20)17-23-10/h10-11H,4-9H2,1-3H3,(H,19,20)/t10-,11+/m0/s1. The highest BCUT2D eigenvalue weighted by atomic mass is 16.6. The van der Waals surface area contributed by atoms with Crippen LogP contribution in [0.25, 0.3) is 0 Å². The van der Waals surface area contributed by atoms with Crippen molar-refractivity contribution in [1.29, 1.82) is 0 Å². The number of fused-ring (bicyclic) bond motifs is 2. The molecule has 7 nitrogen and oxygen atoms in total. The average Bonchev–Trinajstić information content (AvgIpc) is 3.00. The van der Waals surface area contributed by atoms with Gasteiger partial charge in [0.25, 0.3) is 0 Å². The smallest absolute Gasteiger partial charge is 0.410 e. The molecule has 0 unspecified atom stereocenters. The summed E-state index contributed by atoms with van der Waals surface area (Å²) in [7, 11) is 0. The van der Waals surface area contributed by atoms with Crippen molar-refractivity contribution in [3.05, 3.63) is 0 Å². The minimum atomic E-state index is -0.992. The number of hydrogen-bond acceptors (Lipinski definition) is 5. The Bertz CT molecular complexity index is 543. The van der Waals surface area contributed by atoms with E-state index in [1.165, 1.54) is 0 Å². The van der Waals surface area contributed by atoms with Gasteiger partial charge in [-0.1, -0.05) is 5.16 Å². The van der Waals surface area contributed by atoms with Gasteiger partial charge in [0.15, 0.2) is 5.71 Å². The molecule has 1 saturated carbocycles. The average molecular weight is 324 g/mol. The van der Waals surface area contributed by atoms with Crippen molar-refractivity contribution in [3.63, 3.8) is 0 Å². The normalized spacial score (nSPS) is 29.0. The molecule has 3 rings (SSSR count). The van der Waals surface area contributed by atoms with E-state index in [0.29, 0.717) is 13.1 Å². The fourth-order valence-electron chi connectivity index (χ4n) is 4.10. The molecule has 0 aromatic rings. The fraction of sp³-hybridized carbons (Fsp3) is 0.812. The molecule has 2 fully saturated rings. The summed E-state index contributed by atoms with van der Waals surface area (Å²) in [6.45, 7) is 6.73. The lowest BCUT2D eigenvalue weighted by atomic mass is 9.68. The minimum Gasteiger partial charge on any atom is -0.477 e. The zero-order chi connectivity index (χ0) is 16.8. The van der Waals surface area contributed by atoms with E-state index in [2.05, 4.69) is 5.16 Å². The summed E-state index contributed by atoms with van der Waals surface area (Å²) in [5, 5.41) is 13.1. The van der Waals surface area contributed by atoms with Crippen molar-refractivity contribution in [2.45, 2.75) is 58.2 Å². The van der Waals surface area contributed by atoms with Crippen LogP contribution in [0.4, 0.5) is 4.79 Å². The van der Waals surface area contributed by atoms with Gasteiger partial charge >= 0.3 is 12.1 Å². The topological polar surface area (TPSA) is 88.4 Å². The van der Waals surface area contributed by atoms with Crippen LogP contribution in [0.2, 0.25) is 0 Å². The molecule has 1 spiro atoms. The minimum absolute atomic E-state index is 0.114. The van der Waals surface area contributed by atoms with Gasteiger partial charge in [-0.05, 0) is 51.9 Å². The second-order valence-electron chi connectivity index (χ2n) is 7.77. The van der Waals surface area contributed by atoms with Crippen LogP contribution >= 0.6 is 0 Å². The van der Waals surface area contributed by atoms with Gasteiger partial charge in [0.1, 0.15) is 11.7 Å². The predicted octanol–water partition coefficient (Wildman–Crippen LogP) is 2.25. The molecule has 0 bridgehead atoms. The zero-order valence-electron chi connectivity index (χ0n) is 13.9. The summed E-state index contributed by atoms with van der Waals surface area (Å²) in [5.41, 5.74) is -0.470. The Morgan fingerprint density at radius 3 is 2.52 bits per heavy atom. The maximum atomic E-state index is 12.2. The fourth-order valence-corrected chi connectivity index (χ4v) is 4.10. The number of ether oxygens (including phenoxy) is 1. The van der Waals surface area contributed by atoms with E-state index in [1.807, 2.05) is 20.8 Å². The number of carbonyl (C=O) groups excluding carboxylic acids is 1. The van der Waals surface area contributed by atoms with Crippen LogP contribution in [-0.2, 0) is 14.4 Å². The Balaban J connectivity index is 1.67. The van der Waals surface area contributed by atoms with Crippen molar-refractivity contribution >= 4 is 17.8 Å². The third-order valence-electron chi connectivity index (χ3n) is 5.17. The van der Waals surface area contributed by atoms with Crippen LogP contribution in [-0.4, -0.2) is 52.6 Å². The summed E-state index contributed by atoms with van der Waals surface area (Å²) >= 11 is 0. The van der Waals surface area contributed by atoms with Crippen LogP contribution in [0.3, 0.4) is 0 Å². The lowest BCUT2D eigenvalue weighted by Gasteiger charge is -2.42. The van der Waals surface area contributed by atoms with Crippen LogP contribution in [0.15, 0.2) is 5.16 Å². The van der Waals surface area contributed by atoms with Crippen LogP contribution in [0, 0.1) is 11.3 Å². The first kappa shape index (κ1) is 16.1. The van der Waals surface area contributed by atoms with Crippen LogP contribution in [0.1, 0.15) is 46.5 Å². The second-order valence-corrected chi connectivity index (χ2v) is 7.77. The van der Waals surface area contributed by atoms with Gasteiger partial charge in [-0.25, -0.2) is 9.59 Å². The van der Waals surface area contributed by atoms with Crippen molar-refractivity contribution in [1.82, 2.24) is 4.90 Å². The van der Waals surface area contributed by atoms with Gasteiger partial charge in [0.05, 0.1) is 5.92 Å². The number of likely N-dealkylation sites (tertiary alicyclic amines) is 1. The van der Waals surface area contributed by atoms with E-state index in [0.717, 1.165) is 25.7 Å². The highest BCUT2D eigenvalue weighted by Gasteiger charge is 2.57. The molecule has 128 valence electrons. The van der Waals surface area contributed by atoms with Crippen molar-refractivity contribution in [3.8, 4) is 0 Å². The number of rotatable bonds is 1. The molecule has 2 aliphatic heterocycles. The van der Waals surface area contributed by atoms with Crippen molar-refractivity contribution < 1.29 is 24.3 Å². The predicted molar refractivity (Wildman–Crippen MR) is 82.1 cm³/mol. The molecule has 0 aromatic heterocycles. The Labute approximate surface area is 135 Å². The van der Waals surface area contributed by atoms with E-state index in [4.69, 9.17) is 9.57 Å². The molecular weight excluding hydrogens is 300 g/mol. The SMILES string of the molecule is CC(C)(C)OC(=O)N1CCC2(CC[C@@H]3ON=C(C(=O)O)[C@@H]32)CC1. The summed E-state index contributed by atoms with van der Waals surface area (Å²) in [5.74, 6) is -1.14. The Morgan fingerprint density at radius 2 is 1.96 bits per heavy atom. The third kappa shape index (κ3) is 2.88. The summed E-state index contributed by atoms with van der Waals surface area (Å²) in [4.78, 5) is 30.6. The molecule has 0 aromatic carbocycles. The number of amides is 1. The Hall–Kier alpha value is -1.79. The highest BCUT2D eigenvalue weighted by molar-refractivity contribution is 6.37. The Kier molecular flexibility index (Phi) is 3.77. The summed E-state index contributed by atoms with van der Waals surface area (Å²) in [6, 6.07) is 0. The van der Waals surface area contributed by atoms with E-state index in [1.54, 1.807) is 4.90 Å². The van der Waals surface area contributed by atoms with Gasteiger partial charge in [-0.15, -0.1) is 0 Å². The largest absolute Gasteiger partial charge is 0.477 e. The number of carboxylic acids is 1. The lowest BCUT2D eigenvalue weighted by molar-refractivity contribution is -0.129. The first-order valence-corrected chi connectivity index (χ1v) is 8.17. The lowest BCUT2D eigenvalue weighted by Crippen LogP contribution is -2.48. The number of piperidine rings is 1. The molecule has 2 atom stereocenters. The summed E-state index contributed by atoms with van der Waals surface area (Å²) < 4.78 is 5.42. The van der Waals surface area contributed by atoms with E-state index in [9.17, 15) is 14.7 Å². The van der Waals surface area contributed by atoms with E-state index in [-0.39, 0.29) is 29.2 Å². The van der Waals surface area contributed by atoms with Crippen LogP contribution in [0.5, 0.6) is 0 Å². The third-order valence-corrected chi connectivity index (χ3v) is 5.17. The molecule has 1 amide bonds. The van der Waals surface area contributed by atoms with Gasteiger partial charge in [0.2, 0.25) is 0 Å². The number of carboxylic acid groups (broad SMARTS) is 1. The summed E-state index contributed by atoms with van der Waals surface area (Å²) in [6.07, 6.45) is 2.88. The monoisotopic (exact) mass is 324 g/mol. The molecule has 1 saturated heterocycles. The van der Waals surface area contributed by atoms with Crippen LogP contribution < -0.4 is 0 Å². The number of carbonyl (C=O) groups is 2. The maximum absolute atomic E-state index is 12.2. The van der Waals surface area contributed by atoms with Gasteiger partial charge < -0.3 is 19.6 Å². The molecule has 1 N–H and O–H groups in total. The number of nitrogens with zero attached hydrogens (tertiary/aromatic N) is 2. The number of oxime groups is 1. The molecule has 1 aliphatic carbocycles. The highest BCUT2D eigenvalue weighted by Crippen LogP contribution is 2.54. The Morgan fingerprint density at radius 1 is 1.30 bits per heavy atom. The molecular formula is C16H24N2O5. The zero-order valence-corrected chi connectivity index (χ0v) is 13.9. The number of aliphatic carboxylic acids is 1. The van der Waals surface area contributed by atoms with E-state index >= 15 is 0 Å². The van der Waals surface area contributed by atoms with Crippen molar-refractivity contribution in [2.75, 3.05) is 13.1 Å².